The zero-order chi connectivity index (χ0) is 13.2. The van der Waals surface area contributed by atoms with Gasteiger partial charge >= 0.3 is 0 Å². The molecule has 3 unspecified atom stereocenters. The predicted molar refractivity (Wildman–Crippen MR) is 71.2 cm³/mol. The minimum atomic E-state index is -0.177. The van der Waals surface area contributed by atoms with Crippen molar-refractivity contribution in [3.05, 3.63) is 35.6 Å². The molecule has 1 aromatic rings. The molecule has 0 bridgehead atoms. The molecule has 1 aromatic carbocycles. The molecule has 0 saturated carbocycles. The summed E-state index contributed by atoms with van der Waals surface area (Å²) >= 11 is 0. The van der Waals surface area contributed by atoms with Gasteiger partial charge in [-0.25, -0.2) is 4.39 Å². The molecule has 2 nitrogen and oxygen atoms in total. The molecule has 1 fully saturated rings. The number of rotatable bonds is 3. The van der Waals surface area contributed by atoms with Crippen molar-refractivity contribution in [3.63, 3.8) is 0 Å². The number of ether oxygens (including phenoxy) is 1. The summed E-state index contributed by atoms with van der Waals surface area (Å²) in [6.45, 7) is 6.34. The van der Waals surface area contributed by atoms with Crippen LogP contribution in [0.15, 0.2) is 24.3 Å². The van der Waals surface area contributed by atoms with Gasteiger partial charge in [0.2, 0.25) is 0 Å². The fraction of sp³-hybridized carbons (Fsp3) is 0.600. The lowest BCUT2D eigenvalue weighted by Gasteiger charge is -2.45. The SMILES string of the molecule is COC(C)C1(C)CCNCC1c1ccc(F)cc1. The maximum absolute atomic E-state index is 13.0. The molecular formula is C15H22FNO. The van der Waals surface area contributed by atoms with Gasteiger partial charge in [0.25, 0.3) is 0 Å². The van der Waals surface area contributed by atoms with Crippen molar-refractivity contribution in [3.8, 4) is 0 Å². The van der Waals surface area contributed by atoms with Crippen LogP contribution < -0.4 is 5.32 Å². The molecule has 1 saturated heterocycles. The third-order valence-corrected chi connectivity index (χ3v) is 4.54. The molecule has 0 aliphatic carbocycles. The first-order chi connectivity index (χ1) is 8.58. The number of piperidine rings is 1. The molecule has 1 aliphatic heterocycles. The van der Waals surface area contributed by atoms with Gasteiger partial charge in [-0.3, -0.25) is 0 Å². The van der Waals surface area contributed by atoms with Gasteiger partial charge in [-0.1, -0.05) is 19.1 Å². The molecule has 100 valence electrons. The first kappa shape index (κ1) is 13.5. The number of halogens is 1. The molecule has 3 heteroatoms. The van der Waals surface area contributed by atoms with Gasteiger partial charge in [0.15, 0.2) is 0 Å². The second-order valence-corrected chi connectivity index (χ2v) is 5.44. The highest BCUT2D eigenvalue weighted by molar-refractivity contribution is 5.24. The van der Waals surface area contributed by atoms with Crippen molar-refractivity contribution >= 4 is 0 Å². The van der Waals surface area contributed by atoms with Gasteiger partial charge in [-0.15, -0.1) is 0 Å². The maximum Gasteiger partial charge on any atom is 0.123 e. The maximum atomic E-state index is 13.0. The van der Waals surface area contributed by atoms with E-state index in [4.69, 9.17) is 4.74 Å². The van der Waals surface area contributed by atoms with E-state index in [0.29, 0.717) is 5.92 Å². The molecule has 1 heterocycles. The van der Waals surface area contributed by atoms with Gasteiger partial charge in [0, 0.05) is 25.0 Å². The minimum absolute atomic E-state index is 0.0951. The van der Waals surface area contributed by atoms with Crippen LogP contribution in [0.2, 0.25) is 0 Å². The molecular weight excluding hydrogens is 229 g/mol. The highest BCUT2D eigenvalue weighted by Gasteiger charge is 2.41. The topological polar surface area (TPSA) is 21.3 Å². The van der Waals surface area contributed by atoms with E-state index in [0.717, 1.165) is 19.5 Å². The summed E-state index contributed by atoms with van der Waals surface area (Å²) in [6, 6.07) is 6.88. The van der Waals surface area contributed by atoms with Crippen molar-refractivity contribution in [1.82, 2.24) is 5.32 Å². The number of hydrogen-bond donors (Lipinski definition) is 1. The Morgan fingerprint density at radius 1 is 1.39 bits per heavy atom. The molecule has 2 rings (SSSR count). The Kier molecular flexibility index (Phi) is 4.03. The zero-order valence-electron chi connectivity index (χ0n) is 11.4. The van der Waals surface area contributed by atoms with E-state index in [1.165, 1.54) is 5.56 Å². The lowest BCUT2D eigenvalue weighted by molar-refractivity contribution is -0.0207. The van der Waals surface area contributed by atoms with E-state index in [1.54, 1.807) is 19.2 Å². The van der Waals surface area contributed by atoms with Gasteiger partial charge < -0.3 is 10.1 Å². The summed E-state index contributed by atoms with van der Waals surface area (Å²) in [5.41, 5.74) is 1.28. The van der Waals surface area contributed by atoms with Crippen LogP contribution in [-0.4, -0.2) is 26.3 Å². The van der Waals surface area contributed by atoms with Crippen molar-refractivity contribution < 1.29 is 9.13 Å². The summed E-state index contributed by atoms with van der Waals surface area (Å²) < 4.78 is 18.6. The Bertz CT molecular complexity index is 392. The molecule has 0 amide bonds. The fourth-order valence-corrected chi connectivity index (χ4v) is 2.96. The van der Waals surface area contributed by atoms with E-state index in [1.807, 2.05) is 12.1 Å². The van der Waals surface area contributed by atoms with E-state index in [2.05, 4.69) is 19.2 Å². The first-order valence-corrected chi connectivity index (χ1v) is 6.57. The second-order valence-electron chi connectivity index (χ2n) is 5.44. The summed E-state index contributed by atoms with van der Waals surface area (Å²) in [5.74, 6) is 0.186. The molecule has 18 heavy (non-hydrogen) atoms. The quantitative estimate of drug-likeness (QED) is 0.892. The zero-order valence-corrected chi connectivity index (χ0v) is 11.4. The van der Waals surface area contributed by atoms with E-state index >= 15 is 0 Å². The Labute approximate surface area is 109 Å². The highest BCUT2D eigenvalue weighted by atomic mass is 19.1. The normalized spacial score (nSPS) is 30.1. The average molecular weight is 251 g/mol. The van der Waals surface area contributed by atoms with Crippen LogP contribution >= 0.6 is 0 Å². The summed E-state index contributed by atoms with van der Waals surface area (Å²) in [7, 11) is 1.76. The van der Waals surface area contributed by atoms with Crippen LogP contribution in [0.1, 0.15) is 31.7 Å². The Balaban J connectivity index is 2.30. The van der Waals surface area contributed by atoms with Crippen molar-refractivity contribution in [1.29, 1.82) is 0 Å². The summed E-state index contributed by atoms with van der Waals surface area (Å²) in [4.78, 5) is 0. The van der Waals surface area contributed by atoms with Gasteiger partial charge in [-0.05, 0) is 37.6 Å². The monoisotopic (exact) mass is 251 g/mol. The largest absolute Gasteiger partial charge is 0.381 e. The molecule has 3 atom stereocenters. The van der Waals surface area contributed by atoms with Gasteiger partial charge in [-0.2, -0.15) is 0 Å². The Morgan fingerprint density at radius 3 is 2.67 bits per heavy atom. The molecule has 0 aromatic heterocycles. The standard InChI is InChI=1S/C15H22FNO/c1-11(18-3)15(2)8-9-17-10-14(15)12-4-6-13(16)7-5-12/h4-7,11,14,17H,8-10H2,1-3H3. The third-order valence-electron chi connectivity index (χ3n) is 4.54. The molecule has 1 N–H and O–H groups in total. The third kappa shape index (κ3) is 2.43. The van der Waals surface area contributed by atoms with Crippen LogP contribution in [0, 0.1) is 11.2 Å². The van der Waals surface area contributed by atoms with Crippen molar-refractivity contribution in [2.24, 2.45) is 5.41 Å². The van der Waals surface area contributed by atoms with Crippen LogP contribution in [-0.2, 0) is 4.74 Å². The average Bonchev–Trinajstić information content (AvgIpc) is 2.39. The number of nitrogens with one attached hydrogen (secondary N) is 1. The first-order valence-electron chi connectivity index (χ1n) is 6.57. The number of benzene rings is 1. The number of methoxy groups -OCH3 is 1. The van der Waals surface area contributed by atoms with E-state index < -0.39 is 0 Å². The van der Waals surface area contributed by atoms with Crippen LogP contribution in [0.5, 0.6) is 0 Å². The molecule has 0 radical (unpaired) electrons. The van der Waals surface area contributed by atoms with Crippen LogP contribution in [0.4, 0.5) is 4.39 Å². The van der Waals surface area contributed by atoms with E-state index in [-0.39, 0.29) is 17.3 Å². The Morgan fingerprint density at radius 2 is 2.06 bits per heavy atom. The lowest BCUT2D eigenvalue weighted by atomic mass is 9.66. The van der Waals surface area contributed by atoms with Crippen molar-refractivity contribution in [2.45, 2.75) is 32.3 Å². The summed E-state index contributed by atoms with van der Waals surface area (Å²) in [6.07, 6.45) is 1.26. The highest BCUT2D eigenvalue weighted by Crippen LogP contribution is 2.44. The van der Waals surface area contributed by atoms with Crippen LogP contribution in [0.3, 0.4) is 0 Å². The molecule has 1 aliphatic rings. The van der Waals surface area contributed by atoms with Crippen molar-refractivity contribution in [2.75, 3.05) is 20.2 Å². The fourth-order valence-electron chi connectivity index (χ4n) is 2.96. The summed E-state index contributed by atoms with van der Waals surface area (Å²) in [5, 5.41) is 3.43. The predicted octanol–water partition coefficient (Wildman–Crippen LogP) is 2.94. The lowest BCUT2D eigenvalue weighted by Crippen LogP contribution is -2.48. The minimum Gasteiger partial charge on any atom is -0.381 e. The molecule has 0 spiro atoms. The van der Waals surface area contributed by atoms with Gasteiger partial charge in [0.1, 0.15) is 5.82 Å². The number of hydrogen-bond acceptors (Lipinski definition) is 2. The van der Waals surface area contributed by atoms with E-state index in [9.17, 15) is 4.39 Å². The van der Waals surface area contributed by atoms with Gasteiger partial charge in [0.05, 0.1) is 6.10 Å². The Hall–Kier alpha value is -0.930. The smallest absolute Gasteiger partial charge is 0.123 e. The van der Waals surface area contributed by atoms with Crippen LogP contribution in [0.25, 0.3) is 0 Å². The second kappa shape index (κ2) is 5.37.